The number of rotatable bonds is 5. The Labute approximate surface area is 117 Å². The van der Waals surface area contributed by atoms with Crippen LogP contribution in [0.1, 0.15) is 37.9 Å². The second kappa shape index (κ2) is 6.53. The van der Waals surface area contributed by atoms with Gasteiger partial charge >= 0.3 is 0 Å². The van der Waals surface area contributed by atoms with Gasteiger partial charge < -0.3 is 5.32 Å². The average Bonchev–Trinajstić information content (AvgIpc) is 2.71. The lowest BCUT2D eigenvalue weighted by atomic mass is 9.98. The zero-order valence-electron chi connectivity index (χ0n) is 12.8. The molecule has 4 nitrogen and oxygen atoms in total. The molecule has 1 saturated heterocycles. The van der Waals surface area contributed by atoms with Crippen LogP contribution in [0.3, 0.4) is 0 Å². The highest BCUT2D eigenvalue weighted by atomic mass is 15.3. The maximum Gasteiger partial charge on any atom is 0.0537 e. The van der Waals surface area contributed by atoms with Gasteiger partial charge in [0.05, 0.1) is 6.20 Å². The Hall–Kier alpha value is -0.870. The standard InChI is InChI=1S/C15H28N4/c1-12(2)19(10-14-6-5-7-16-8-14)11-15-9-17-18(4)13(15)3/h9,12,14,16H,5-8,10-11H2,1-4H3. The van der Waals surface area contributed by atoms with E-state index in [9.17, 15) is 0 Å². The van der Waals surface area contributed by atoms with E-state index in [1.807, 2.05) is 17.9 Å². The van der Waals surface area contributed by atoms with Gasteiger partial charge in [0.2, 0.25) is 0 Å². The summed E-state index contributed by atoms with van der Waals surface area (Å²) in [5.74, 6) is 0.799. The number of hydrogen-bond donors (Lipinski definition) is 1. The van der Waals surface area contributed by atoms with Crippen LogP contribution >= 0.6 is 0 Å². The second-order valence-corrected chi connectivity index (χ2v) is 6.11. The molecule has 1 aliphatic heterocycles. The Morgan fingerprint density at radius 3 is 2.84 bits per heavy atom. The molecular formula is C15H28N4. The van der Waals surface area contributed by atoms with Gasteiger partial charge in [0.15, 0.2) is 0 Å². The molecule has 2 rings (SSSR count). The van der Waals surface area contributed by atoms with E-state index in [1.165, 1.54) is 43.7 Å². The van der Waals surface area contributed by atoms with Crippen molar-refractivity contribution >= 4 is 0 Å². The Bertz CT molecular complexity index is 391. The van der Waals surface area contributed by atoms with Crippen molar-refractivity contribution in [2.45, 2.75) is 46.2 Å². The van der Waals surface area contributed by atoms with Crippen molar-refractivity contribution in [2.75, 3.05) is 19.6 Å². The zero-order chi connectivity index (χ0) is 13.8. The highest BCUT2D eigenvalue weighted by Gasteiger charge is 2.20. The second-order valence-electron chi connectivity index (χ2n) is 6.11. The summed E-state index contributed by atoms with van der Waals surface area (Å²) in [6, 6.07) is 0.585. The highest BCUT2D eigenvalue weighted by Crippen LogP contribution is 2.17. The van der Waals surface area contributed by atoms with Crippen molar-refractivity contribution < 1.29 is 0 Å². The van der Waals surface area contributed by atoms with Crippen molar-refractivity contribution in [2.24, 2.45) is 13.0 Å². The van der Waals surface area contributed by atoms with Crippen LogP contribution in [0.25, 0.3) is 0 Å². The fourth-order valence-corrected chi connectivity index (χ4v) is 2.79. The van der Waals surface area contributed by atoms with Gasteiger partial charge in [-0.2, -0.15) is 5.10 Å². The quantitative estimate of drug-likeness (QED) is 0.882. The van der Waals surface area contributed by atoms with E-state index in [4.69, 9.17) is 0 Å². The molecule has 1 N–H and O–H groups in total. The largest absolute Gasteiger partial charge is 0.316 e. The van der Waals surface area contributed by atoms with Crippen LogP contribution in [0.15, 0.2) is 6.20 Å². The van der Waals surface area contributed by atoms with Crippen LogP contribution in [0.4, 0.5) is 0 Å². The molecule has 0 spiro atoms. The first-order valence-electron chi connectivity index (χ1n) is 7.50. The van der Waals surface area contributed by atoms with Gasteiger partial charge in [-0.05, 0) is 52.6 Å². The lowest BCUT2D eigenvalue weighted by Gasteiger charge is -2.32. The van der Waals surface area contributed by atoms with Crippen molar-refractivity contribution in [3.05, 3.63) is 17.5 Å². The minimum Gasteiger partial charge on any atom is -0.316 e. The van der Waals surface area contributed by atoms with E-state index in [0.717, 1.165) is 12.5 Å². The monoisotopic (exact) mass is 264 g/mol. The Kier molecular flexibility index (Phi) is 4.99. The Morgan fingerprint density at radius 1 is 1.53 bits per heavy atom. The molecular weight excluding hydrogens is 236 g/mol. The van der Waals surface area contributed by atoms with E-state index < -0.39 is 0 Å². The fraction of sp³-hybridized carbons (Fsp3) is 0.800. The smallest absolute Gasteiger partial charge is 0.0537 e. The molecule has 0 saturated carbocycles. The summed E-state index contributed by atoms with van der Waals surface area (Å²) in [6.07, 6.45) is 4.70. The first kappa shape index (κ1) is 14.5. The summed E-state index contributed by atoms with van der Waals surface area (Å²) in [5.41, 5.74) is 2.65. The molecule has 1 fully saturated rings. The summed E-state index contributed by atoms with van der Waals surface area (Å²) in [4.78, 5) is 2.58. The predicted molar refractivity (Wildman–Crippen MR) is 79.1 cm³/mol. The molecule has 1 aliphatic rings. The molecule has 0 aromatic carbocycles. The third kappa shape index (κ3) is 3.80. The summed E-state index contributed by atoms with van der Waals surface area (Å²) in [7, 11) is 2.02. The minimum absolute atomic E-state index is 0.585. The number of aromatic nitrogens is 2. The predicted octanol–water partition coefficient (Wildman–Crippen LogP) is 1.94. The van der Waals surface area contributed by atoms with Crippen molar-refractivity contribution in [1.29, 1.82) is 0 Å². The number of nitrogens with one attached hydrogen (secondary N) is 1. The van der Waals surface area contributed by atoms with Crippen LogP contribution in [0, 0.1) is 12.8 Å². The van der Waals surface area contributed by atoms with Gasteiger partial charge in [0, 0.05) is 37.4 Å². The zero-order valence-corrected chi connectivity index (χ0v) is 12.8. The van der Waals surface area contributed by atoms with Crippen molar-refractivity contribution in [3.8, 4) is 0 Å². The molecule has 1 aromatic rings. The van der Waals surface area contributed by atoms with Crippen LogP contribution in [0.2, 0.25) is 0 Å². The van der Waals surface area contributed by atoms with E-state index in [0.29, 0.717) is 6.04 Å². The third-order valence-corrected chi connectivity index (χ3v) is 4.33. The molecule has 1 atom stereocenters. The maximum absolute atomic E-state index is 4.35. The molecule has 0 amide bonds. The van der Waals surface area contributed by atoms with Gasteiger partial charge in [-0.25, -0.2) is 0 Å². The van der Waals surface area contributed by atoms with Crippen molar-refractivity contribution in [3.63, 3.8) is 0 Å². The van der Waals surface area contributed by atoms with E-state index >= 15 is 0 Å². The molecule has 108 valence electrons. The number of hydrogen-bond acceptors (Lipinski definition) is 3. The van der Waals surface area contributed by atoms with Gasteiger partial charge in [0.1, 0.15) is 0 Å². The van der Waals surface area contributed by atoms with Gasteiger partial charge in [-0.15, -0.1) is 0 Å². The number of nitrogens with zero attached hydrogens (tertiary/aromatic N) is 3. The molecule has 2 heterocycles. The van der Waals surface area contributed by atoms with E-state index in [1.54, 1.807) is 0 Å². The Morgan fingerprint density at radius 2 is 2.32 bits per heavy atom. The lowest BCUT2D eigenvalue weighted by Crippen LogP contribution is -2.40. The summed E-state index contributed by atoms with van der Waals surface area (Å²) in [5, 5.41) is 7.87. The van der Waals surface area contributed by atoms with Crippen LogP contribution < -0.4 is 5.32 Å². The van der Waals surface area contributed by atoms with Crippen LogP contribution in [0.5, 0.6) is 0 Å². The topological polar surface area (TPSA) is 33.1 Å². The number of aryl methyl sites for hydroxylation is 1. The van der Waals surface area contributed by atoms with E-state index in [2.05, 4.69) is 36.1 Å². The highest BCUT2D eigenvalue weighted by molar-refractivity contribution is 5.15. The Balaban J connectivity index is 1.97. The van der Waals surface area contributed by atoms with Crippen molar-refractivity contribution in [1.82, 2.24) is 20.0 Å². The van der Waals surface area contributed by atoms with E-state index in [-0.39, 0.29) is 0 Å². The molecule has 0 radical (unpaired) electrons. The fourth-order valence-electron chi connectivity index (χ4n) is 2.79. The maximum atomic E-state index is 4.35. The first-order chi connectivity index (χ1) is 9.08. The molecule has 19 heavy (non-hydrogen) atoms. The molecule has 0 aliphatic carbocycles. The summed E-state index contributed by atoms with van der Waals surface area (Å²) in [6.45, 7) is 11.3. The first-order valence-corrected chi connectivity index (χ1v) is 7.50. The molecule has 0 bridgehead atoms. The summed E-state index contributed by atoms with van der Waals surface area (Å²) < 4.78 is 1.97. The van der Waals surface area contributed by atoms with Crippen LogP contribution in [-0.4, -0.2) is 40.4 Å². The summed E-state index contributed by atoms with van der Waals surface area (Å²) >= 11 is 0. The van der Waals surface area contributed by atoms with Gasteiger partial charge in [0.25, 0.3) is 0 Å². The van der Waals surface area contributed by atoms with Gasteiger partial charge in [-0.1, -0.05) is 0 Å². The third-order valence-electron chi connectivity index (χ3n) is 4.33. The average molecular weight is 264 g/mol. The number of piperidine rings is 1. The van der Waals surface area contributed by atoms with Crippen LogP contribution in [-0.2, 0) is 13.6 Å². The lowest BCUT2D eigenvalue weighted by molar-refractivity contribution is 0.163. The van der Waals surface area contributed by atoms with Gasteiger partial charge in [-0.3, -0.25) is 9.58 Å². The molecule has 1 unspecified atom stereocenters. The molecule has 1 aromatic heterocycles. The minimum atomic E-state index is 0.585. The SMILES string of the molecule is Cc1c(CN(CC2CCCNC2)C(C)C)cnn1C. The molecule has 4 heteroatoms. The normalized spacial score (nSPS) is 20.4.